The SMILES string of the molecule is CCNC(C)C1CCCN(c2cccc3nccn23)C1. The fraction of sp³-hybridized carbons (Fsp3) is 0.562. The third-order valence-corrected chi connectivity index (χ3v) is 4.42. The van der Waals surface area contributed by atoms with E-state index in [2.05, 4.69) is 57.8 Å². The number of hydrogen-bond acceptors (Lipinski definition) is 3. The van der Waals surface area contributed by atoms with Gasteiger partial charge in [-0.3, -0.25) is 4.40 Å². The average molecular weight is 272 g/mol. The van der Waals surface area contributed by atoms with Gasteiger partial charge in [-0.25, -0.2) is 4.98 Å². The normalized spacial score (nSPS) is 21.3. The van der Waals surface area contributed by atoms with Gasteiger partial charge < -0.3 is 10.2 Å². The number of nitrogens with zero attached hydrogens (tertiary/aromatic N) is 3. The Hall–Kier alpha value is -1.55. The summed E-state index contributed by atoms with van der Waals surface area (Å²) >= 11 is 0. The average Bonchev–Trinajstić information content (AvgIpc) is 2.96. The van der Waals surface area contributed by atoms with Gasteiger partial charge in [0, 0.05) is 31.5 Å². The number of piperidine rings is 1. The second-order valence-electron chi connectivity index (χ2n) is 5.73. The van der Waals surface area contributed by atoms with E-state index in [0.717, 1.165) is 31.2 Å². The predicted molar refractivity (Wildman–Crippen MR) is 83.3 cm³/mol. The summed E-state index contributed by atoms with van der Waals surface area (Å²) < 4.78 is 2.19. The van der Waals surface area contributed by atoms with Gasteiger partial charge in [-0.1, -0.05) is 13.0 Å². The maximum absolute atomic E-state index is 4.38. The quantitative estimate of drug-likeness (QED) is 0.928. The number of rotatable bonds is 4. The Morgan fingerprint density at radius 2 is 2.35 bits per heavy atom. The summed E-state index contributed by atoms with van der Waals surface area (Å²) in [7, 11) is 0. The Labute approximate surface area is 120 Å². The Bertz CT molecular complexity index is 562. The van der Waals surface area contributed by atoms with Gasteiger partial charge in [0.2, 0.25) is 0 Å². The largest absolute Gasteiger partial charge is 0.357 e. The molecule has 2 unspecified atom stereocenters. The van der Waals surface area contributed by atoms with E-state index in [0.29, 0.717) is 6.04 Å². The highest BCUT2D eigenvalue weighted by Crippen LogP contribution is 2.25. The molecule has 4 heteroatoms. The highest BCUT2D eigenvalue weighted by Gasteiger charge is 2.25. The third-order valence-electron chi connectivity index (χ3n) is 4.42. The van der Waals surface area contributed by atoms with E-state index in [4.69, 9.17) is 0 Å². The van der Waals surface area contributed by atoms with E-state index in [9.17, 15) is 0 Å². The number of nitrogens with one attached hydrogen (secondary N) is 1. The van der Waals surface area contributed by atoms with Crippen LogP contribution in [0.4, 0.5) is 5.82 Å². The Balaban J connectivity index is 1.81. The Morgan fingerprint density at radius 1 is 1.45 bits per heavy atom. The van der Waals surface area contributed by atoms with E-state index >= 15 is 0 Å². The van der Waals surface area contributed by atoms with Gasteiger partial charge in [0.1, 0.15) is 11.5 Å². The molecule has 1 aliphatic rings. The maximum atomic E-state index is 4.38. The molecule has 1 N–H and O–H groups in total. The van der Waals surface area contributed by atoms with Crippen LogP contribution in [-0.2, 0) is 0 Å². The first-order valence-corrected chi connectivity index (χ1v) is 7.70. The number of fused-ring (bicyclic) bond motifs is 1. The molecule has 1 aliphatic heterocycles. The highest BCUT2D eigenvalue weighted by atomic mass is 15.2. The van der Waals surface area contributed by atoms with Crippen LogP contribution in [0.25, 0.3) is 5.65 Å². The zero-order valence-electron chi connectivity index (χ0n) is 12.4. The minimum absolute atomic E-state index is 0.588. The Morgan fingerprint density at radius 3 is 3.20 bits per heavy atom. The van der Waals surface area contributed by atoms with Crippen LogP contribution in [0.1, 0.15) is 26.7 Å². The van der Waals surface area contributed by atoms with Crippen molar-refractivity contribution in [2.45, 2.75) is 32.7 Å². The van der Waals surface area contributed by atoms with E-state index in [1.165, 1.54) is 18.7 Å². The lowest BCUT2D eigenvalue weighted by Gasteiger charge is -2.37. The first-order chi connectivity index (χ1) is 9.79. The van der Waals surface area contributed by atoms with E-state index in [1.807, 2.05) is 6.20 Å². The predicted octanol–water partition coefficient (Wildman–Crippen LogP) is 2.55. The van der Waals surface area contributed by atoms with Crippen molar-refractivity contribution >= 4 is 11.5 Å². The van der Waals surface area contributed by atoms with Crippen molar-refractivity contribution in [1.29, 1.82) is 0 Å². The fourth-order valence-corrected chi connectivity index (χ4v) is 3.31. The molecule has 0 spiro atoms. The van der Waals surface area contributed by atoms with E-state index in [1.54, 1.807) is 0 Å². The monoisotopic (exact) mass is 272 g/mol. The van der Waals surface area contributed by atoms with Gasteiger partial charge in [-0.2, -0.15) is 0 Å². The van der Waals surface area contributed by atoms with Crippen molar-refractivity contribution < 1.29 is 0 Å². The summed E-state index contributed by atoms with van der Waals surface area (Å²) in [6, 6.07) is 6.96. The zero-order chi connectivity index (χ0) is 13.9. The second-order valence-corrected chi connectivity index (χ2v) is 5.73. The van der Waals surface area contributed by atoms with Crippen LogP contribution in [0.3, 0.4) is 0 Å². The summed E-state index contributed by atoms with van der Waals surface area (Å²) in [6.07, 6.45) is 6.53. The summed E-state index contributed by atoms with van der Waals surface area (Å²) in [5.74, 6) is 2.00. The van der Waals surface area contributed by atoms with Crippen molar-refractivity contribution in [2.75, 3.05) is 24.5 Å². The van der Waals surface area contributed by atoms with Crippen LogP contribution in [0.5, 0.6) is 0 Å². The molecule has 0 bridgehead atoms. The minimum Gasteiger partial charge on any atom is -0.357 e. The first kappa shape index (κ1) is 13.4. The number of aromatic nitrogens is 2. The van der Waals surface area contributed by atoms with E-state index < -0.39 is 0 Å². The third kappa shape index (κ3) is 2.52. The Kier molecular flexibility index (Phi) is 3.92. The molecule has 1 saturated heterocycles. The second kappa shape index (κ2) is 5.83. The topological polar surface area (TPSA) is 32.6 Å². The van der Waals surface area contributed by atoms with Crippen LogP contribution in [-0.4, -0.2) is 35.1 Å². The number of imidazole rings is 1. The van der Waals surface area contributed by atoms with Crippen LogP contribution in [0.2, 0.25) is 0 Å². The molecule has 4 nitrogen and oxygen atoms in total. The molecule has 0 aromatic carbocycles. The van der Waals surface area contributed by atoms with Crippen molar-refractivity contribution in [3.05, 3.63) is 30.6 Å². The summed E-state index contributed by atoms with van der Waals surface area (Å²) in [4.78, 5) is 6.89. The lowest BCUT2D eigenvalue weighted by Crippen LogP contribution is -2.45. The highest BCUT2D eigenvalue weighted by molar-refractivity contribution is 5.51. The first-order valence-electron chi connectivity index (χ1n) is 7.70. The molecule has 108 valence electrons. The molecule has 0 radical (unpaired) electrons. The molecular weight excluding hydrogens is 248 g/mol. The maximum Gasteiger partial charge on any atom is 0.138 e. The van der Waals surface area contributed by atoms with Gasteiger partial charge in [-0.15, -0.1) is 0 Å². The van der Waals surface area contributed by atoms with Crippen LogP contribution in [0, 0.1) is 5.92 Å². The molecule has 0 amide bonds. The molecule has 2 atom stereocenters. The molecule has 0 aliphatic carbocycles. The van der Waals surface area contributed by atoms with Crippen molar-refractivity contribution in [2.24, 2.45) is 5.92 Å². The van der Waals surface area contributed by atoms with Gasteiger partial charge in [0.05, 0.1) is 0 Å². The molecule has 20 heavy (non-hydrogen) atoms. The molecule has 3 heterocycles. The van der Waals surface area contributed by atoms with Crippen molar-refractivity contribution in [1.82, 2.24) is 14.7 Å². The molecule has 0 saturated carbocycles. The smallest absolute Gasteiger partial charge is 0.138 e. The van der Waals surface area contributed by atoms with Crippen LogP contribution in [0.15, 0.2) is 30.6 Å². The van der Waals surface area contributed by atoms with Gasteiger partial charge >= 0.3 is 0 Å². The van der Waals surface area contributed by atoms with E-state index in [-0.39, 0.29) is 0 Å². The summed E-state index contributed by atoms with van der Waals surface area (Å²) in [5.41, 5.74) is 1.03. The molecule has 2 aromatic heterocycles. The lowest BCUT2D eigenvalue weighted by atomic mass is 9.91. The fourth-order valence-electron chi connectivity index (χ4n) is 3.31. The molecule has 1 fully saturated rings. The molecule has 3 rings (SSSR count). The lowest BCUT2D eigenvalue weighted by molar-refractivity contribution is 0.323. The van der Waals surface area contributed by atoms with Gasteiger partial charge in [0.15, 0.2) is 0 Å². The molecular formula is C16H24N4. The van der Waals surface area contributed by atoms with Crippen LogP contribution < -0.4 is 10.2 Å². The van der Waals surface area contributed by atoms with Gasteiger partial charge in [0.25, 0.3) is 0 Å². The standard InChI is InChI=1S/C16H24N4/c1-3-17-13(2)14-6-5-10-19(12-14)16-8-4-7-15-18-9-11-20(15)16/h4,7-9,11,13-14,17H,3,5-6,10,12H2,1-2H3. The van der Waals surface area contributed by atoms with Crippen LogP contribution >= 0.6 is 0 Å². The van der Waals surface area contributed by atoms with Crippen molar-refractivity contribution in [3.8, 4) is 0 Å². The van der Waals surface area contributed by atoms with Gasteiger partial charge in [-0.05, 0) is 44.4 Å². The minimum atomic E-state index is 0.588. The van der Waals surface area contributed by atoms with Crippen molar-refractivity contribution in [3.63, 3.8) is 0 Å². The molecule has 2 aromatic rings. The number of anilines is 1. The summed E-state index contributed by atoms with van der Waals surface area (Å²) in [6.45, 7) is 7.83. The number of pyridine rings is 1. The zero-order valence-corrected chi connectivity index (χ0v) is 12.4. The number of hydrogen-bond donors (Lipinski definition) is 1. The summed E-state index contributed by atoms with van der Waals surface area (Å²) in [5, 5.41) is 3.57.